The Morgan fingerprint density at radius 1 is 1.03 bits per heavy atom. The van der Waals surface area contributed by atoms with E-state index < -0.39 is 30.2 Å². The lowest BCUT2D eigenvalue weighted by Gasteiger charge is -2.19. The number of carbonyl (C=O) groups excluding carboxylic acids is 4. The molecule has 1 aromatic rings. The van der Waals surface area contributed by atoms with Gasteiger partial charge < -0.3 is 25.4 Å². The van der Waals surface area contributed by atoms with Gasteiger partial charge in [0, 0.05) is 13.1 Å². The summed E-state index contributed by atoms with van der Waals surface area (Å²) in [5.41, 5.74) is 0.00998. The Bertz CT molecular complexity index is 755. The zero-order chi connectivity index (χ0) is 22.7. The second kappa shape index (κ2) is 11.8. The first-order chi connectivity index (χ1) is 14.0. The number of hydrogen-bond acceptors (Lipinski definition) is 6. The molecule has 30 heavy (non-hydrogen) atoms. The van der Waals surface area contributed by atoms with Gasteiger partial charge in [-0.2, -0.15) is 0 Å². The quantitative estimate of drug-likeness (QED) is 0.527. The first-order valence-corrected chi connectivity index (χ1v) is 9.77. The highest BCUT2D eigenvalue weighted by Crippen LogP contribution is 2.15. The van der Waals surface area contributed by atoms with Crippen LogP contribution in [-0.4, -0.2) is 49.2 Å². The molecule has 0 aliphatic heterocycles. The van der Waals surface area contributed by atoms with Gasteiger partial charge in [-0.05, 0) is 38.8 Å². The van der Waals surface area contributed by atoms with E-state index in [1.54, 1.807) is 45.0 Å². The number of hydrogen-bond donors (Lipinski definition) is 3. The highest BCUT2D eigenvalue weighted by Gasteiger charge is 2.17. The lowest BCUT2D eigenvalue weighted by Crippen LogP contribution is -2.34. The van der Waals surface area contributed by atoms with Gasteiger partial charge >= 0.3 is 12.1 Å². The largest absolute Gasteiger partial charge is 0.456 e. The smallest absolute Gasteiger partial charge is 0.407 e. The molecule has 0 radical (unpaired) electrons. The van der Waals surface area contributed by atoms with Gasteiger partial charge in [-0.15, -0.1) is 0 Å². The summed E-state index contributed by atoms with van der Waals surface area (Å²) in [6.45, 7) is 9.16. The van der Waals surface area contributed by atoms with E-state index in [-0.39, 0.29) is 18.9 Å². The predicted octanol–water partition coefficient (Wildman–Crippen LogP) is 2.47. The Morgan fingerprint density at radius 2 is 1.70 bits per heavy atom. The molecule has 9 heteroatoms. The number of esters is 1. The maximum atomic E-state index is 12.3. The van der Waals surface area contributed by atoms with E-state index in [0.717, 1.165) is 0 Å². The minimum atomic E-state index is -0.649. The van der Waals surface area contributed by atoms with E-state index in [0.29, 0.717) is 23.7 Å². The molecule has 0 aliphatic carbocycles. The van der Waals surface area contributed by atoms with Crippen molar-refractivity contribution in [2.24, 2.45) is 5.92 Å². The standard InChI is InChI=1S/C21H31N3O6/c1-14(2)12-23-19(27)15-8-6-7-9-16(15)24-17(25)13-29-18(26)10-11-22-20(28)30-21(3,4)5/h6-9,14H,10-13H2,1-5H3,(H,22,28)(H,23,27)(H,24,25). The van der Waals surface area contributed by atoms with Crippen molar-refractivity contribution in [3.8, 4) is 0 Å². The van der Waals surface area contributed by atoms with Gasteiger partial charge in [-0.3, -0.25) is 14.4 Å². The number of rotatable bonds is 9. The summed E-state index contributed by atoms with van der Waals surface area (Å²) in [6.07, 6.45) is -0.749. The normalized spacial score (nSPS) is 10.9. The van der Waals surface area contributed by atoms with Crippen molar-refractivity contribution in [2.75, 3.05) is 25.0 Å². The maximum Gasteiger partial charge on any atom is 0.407 e. The minimum absolute atomic E-state index is 0.0220. The molecule has 0 heterocycles. The first-order valence-electron chi connectivity index (χ1n) is 9.77. The Balaban J connectivity index is 2.44. The lowest BCUT2D eigenvalue weighted by molar-refractivity contribution is -0.147. The summed E-state index contributed by atoms with van der Waals surface area (Å²) in [7, 11) is 0. The fourth-order valence-electron chi connectivity index (χ4n) is 2.17. The van der Waals surface area contributed by atoms with Crippen LogP contribution in [0.15, 0.2) is 24.3 Å². The summed E-state index contributed by atoms with van der Waals surface area (Å²) < 4.78 is 9.94. The highest BCUT2D eigenvalue weighted by molar-refractivity contribution is 6.04. The molecular formula is C21H31N3O6. The van der Waals surface area contributed by atoms with Gasteiger partial charge in [0.1, 0.15) is 5.60 Å². The third-order valence-corrected chi connectivity index (χ3v) is 3.48. The maximum absolute atomic E-state index is 12.3. The average Bonchev–Trinajstić information content (AvgIpc) is 2.63. The average molecular weight is 421 g/mol. The third kappa shape index (κ3) is 10.4. The monoisotopic (exact) mass is 421 g/mol. The first kappa shape index (κ1) is 24.9. The van der Waals surface area contributed by atoms with Crippen LogP contribution in [0.2, 0.25) is 0 Å². The van der Waals surface area contributed by atoms with Gasteiger partial charge in [0.05, 0.1) is 17.7 Å². The number of carbonyl (C=O) groups is 4. The summed E-state index contributed by atoms with van der Waals surface area (Å²) in [5.74, 6) is -1.23. The molecule has 0 aromatic heterocycles. The van der Waals surface area contributed by atoms with Crippen LogP contribution in [0.3, 0.4) is 0 Å². The number of nitrogens with one attached hydrogen (secondary N) is 3. The number of alkyl carbamates (subject to hydrolysis) is 1. The Labute approximate surface area is 176 Å². The molecule has 9 nitrogen and oxygen atoms in total. The lowest BCUT2D eigenvalue weighted by atomic mass is 10.1. The number of para-hydroxylation sites is 1. The summed E-state index contributed by atoms with van der Waals surface area (Å²) in [5, 5.41) is 7.79. The molecule has 1 rings (SSSR count). The second-order valence-electron chi connectivity index (χ2n) is 8.04. The molecule has 0 aliphatic rings. The summed E-state index contributed by atoms with van der Waals surface area (Å²) in [4.78, 5) is 47.6. The molecule has 0 spiro atoms. The number of ether oxygens (including phenoxy) is 2. The van der Waals surface area contributed by atoms with E-state index in [4.69, 9.17) is 9.47 Å². The van der Waals surface area contributed by atoms with Gasteiger partial charge in [-0.1, -0.05) is 26.0 Å². The van der Waals surface area contributed by atoms with Crippen molar-refractivity contribution in [3.05, 3.63) is 29.8 Å². The Hall–Kier alpha value is -3.10. The van der Waals surface area contributed by atoms with E-state index in [1.807, 2.05) is 13.8 Å². The zero-order valence-electron chi connectivity index (χ0n) is 18.2. The Morgan fingerprint density at radius 3 is 2.33 bits per heavy atom. The second-order valence-corrected chi connectivity index (χ2v) is 8.04. The molecule has 3 N–H and O–H groups in total. The van der Waals surface area contributed by atoms with Crippen LogP contribution in [0.5, 0.6) is 0 Å². The summed E-state index contributed by atoms with van der Waals surface area (Å²) in [6, 6.07) is 6.56. The molecule has 0 unspecified atom stereocenters. The van der Waals surface area contributed by atoms with E-state index >= 15 is 0 Å². The van der Waals surface area contributed by atoms with Crippen molar-refractivity contribution in [2.45, 2.75) is 46.6 Å². The van der Waals surface area contributed by atoms with Gasteiger partial charge in [0.25, 0.3) is 11.8 Å². The van der Waals surface area contributed by atoms with E-state index in [1.165, 1.54) is 0 Å². The van der Waals surface area contributed by atoms with Crippen LogP contribution in [0.25, 0.3) is 0 Å². The molecule has 3 amide bonds. The van der Waals surface area contributed by atoms with Crippen LogP contribution in [-0.2, 0) is 19.1 Å². The van der Waals surface area contributed by atoms with Crippen molar-refractivity contribution < 1.29 is 28.7 Å². The molecule has 0 saturated heterocycles. The number of benzene rings is 1. The van der Waals surface area contributed by atoms with Crippen LogP contribution in [0.1, 0.15) is 51.4 Å². The predicted molar refractivity (Wildman–Crippen MR) is 112 cm³/mol. The van der Waals surface area contributed by atoms with Gasteiger partial charge in [-0.25, -0.2) is 4.79 Å². The van der Waals surface area contributed by atoms with Crippen LogP contribution < -0.4 is 16.0 Å². The molecule has 0 bridgehead atoms. The van der Waals surface area contributed by atoms with Crippen LogP contribution >= 0.6 is 0 Å². The summed E-state index contributed by atoms with van der Waals surface area (Å²) >= 11 is 0. The SMILES string of the molecule is CC(C)CNC(=O)c1ccccc1NC(=O)COC(=O)CCNC(=O)OC(C)(C)C. The Kier molecular flexibility index (Phi) is 9.80. The minimum Gasteiger partial charge on any atom is -0.456 e. The number of amides is 3. The van der Waals surface area contributed by atoms with Crippen molar-refractivity contribution in [3.63, 3.8) is 0 Å². The fourth-order valence-corrected chi connectivity index (χ4v) is 2.17. The highest BCUT2D eigenvalue weighted by atomic mass is 16.6. The molecule has 1 aromatic carbocycles. The molecular weight excluding hydrogens is 390 g/mol. The van der Waals surface area contributed by atoms with E-state index in [2.05, 4.69) is 16.0 Å². The molecule has 0 atom stereocenters. The number of anilines is 1. The fraction of sp³-hybridized carbons (Fsp3) is 0.524. The van der Waals surface area contributed by atoms with Crippen molar-refractivity contribution in [1.82, 2.24) is 10.6 Å². The van der Waals surface area contributed by atoms with Crippen LogP contribution in [0, 0.1) is 5.92 Å². The molecule has 0 saturated carbocycles. The zero-order valence-corrected chi connectivity index (χ0v) is 18.2. The third-order valence-electron chi connectivity index (χ3n) is 3.48. The van der Waals surface area contributed by atoms with Crippen molar-refractivity contribution in [1.29, 1.82) is 0 Å². The van der Waals surface area contributed by atoms with Gasteiger partial charge in [0.2, 0.25) is 0 Å². The topological polar surface area (TPSA) is 123 Å². The van der Waals surface area contributed by atoms with Crippen LogP contribution in [0.4, 0.5) is 10.5 Å². The van der Waals surface area contributed by atoms with Gasteiger partial charge in [0.15, 0.2) is 6.61 Å². The molecule has 166 valence electrons. The van der Waals surface area contributed by atoms with Crippen molar-refractivity contribution >= 4 is 29.6 Å². The van der Waals surface area contributed by atoms with E-state index in [9.17, 15) is 19.2 Å². The molecule has 0 fully saturated rings.